The molecule has 2 N–H and O–H groups in total. The van der Waals surface area contributed by atoms with E-state index < -0.39 is 10.0 Å². The SMILES string of the molecule is CCC1(CNC(=NC)NCc2ccccc2S(=O)(=O)N(C)C)CCC1. The highest BCUT2D eigenvalue weighted by Crippen LogP contribution is 2.42. The van der Waals surface area contributed by atoms with Crippen LogP contribution in [0.3, 0.4) is 0 Å². The molecule has 25 heavy (non-hydrogen) atoms. The Morgan fingerprint density at radius 1 is 1.24 bits per heavy atom. The number of nitrogens with zero attached hydrogens (tertiary/aromatic N) is 2. The number of aliphatic imine (C=N–C) groups is 1. The highest BCUT2D eigenvalue weighted by Gasteiger charge is 2.34. The second kappa shape index (κ2) is 8.19. The molecule has 0 heterocycles. The summed E-state index contributed by atoms with van der Waals surface area (Å²) < 4.78 is 26.2. The molecule has 2 rings (SSSR count). The van der Waals surface area contributed by atoms with Crippen molar-refractivity contribution in [1.82, 2.24) is 14.9 Å². The molecular weight excluding hydrogens is 336 g/mol. The van der Waals surface area contributed by atoms with E-state index in [1.165, 1.54) is 30.0 Å². The molecular formula is C18H30N4O2S. The van der Waals surface area contributed by atoms with Gasteiger partial charge in [-0.15, -0.1) is 0 Å². The van der Waals surface area contributed by atoms with Gasteiger partial charge in [0.1, 0.15) is 0 Å². The molecule has 0 aromatic heterocycles. The van der Waals surface area contributed by atoms with Gasteiger partial charge in [-0.3, -0.25) is 4.99 Å². The van der Waals surface area contributed by atoms with Gasteiger partial charge in [-0.1, -0.05) is 31.5 Å². The number of nitrogens with one attached hydrogen (secondary N) is 2. The molecule has 0 spiro atoms. The zero-order chi connectivity index (χ0) is 18.5. The molecule has 0 saturated heterocycles. The Morgan fingerprint density at radius 3 is 2.44 bits per heavy atom. The third kappa shape index (κ3) is 4.52. The third-order valence-corrected chi connectivity index (χ3v) is 7.11. The van der Waals surface area contributed by atoms with Gasteiger partial charge in [-0.05, 0) is 36.3 Å². The lowest BCUT2D eigenvalue weighted by Crippen LogP contribution is -2.46. The number of rotatable bonds is 7. The molecule has 6 nitrogen and oxygen atoms in total. The fourth-order valence-corrected chi connectivity index (χ4v) is 4.22. The summed E-state index contributed by atoms with van der Waals surface area (Å²) in [7, 11) is 1.36. The molecule has 1 fully saturated rings. The minimum Gasteiger partial charge on any atom is -0.356 e. The summed E-state index contributed by atoms with van der Waals surface area (Å²) in [4.78, 5) is 4.59. The van der Waals surface area contributed by atoms with E-state index in [9.17, 15) is 8.42 Å². The average Bonchev–Trinajstić information content (AvgIpc) is 2.57. The monoisotopic (exact) mass is 366 g/mol. The van der Waals surface area contributed by atoms with Crippen molar-refractivity contribution in [1.29, 1.82) is 0 Å². The smallest absolute Gasteiger partial charge is 0.242 e. The molecule has 0 unspecified atom stereocenters. The minimum absolute atomic E-state index is 0.326. The maximum Gasteiger partial charge on any atom is 0.242 e. The van der Waals surface area contributed by atoms with Crippen molar-refractivity contribution < 1.29 is 8.42 Å². The third-order valence-electron chi connectivity index (χ3n) is 5.20. The van der Waals surface area contributed by atoms with Crippen LogP contribution in [-0.4, -0.2) is 46.4 Å². The van der Waals surface area contributed by atoms with Crippen molar-refractivity contribution in [3.05, 3.63) is 29.8 Å². The normalized spacial score (nSPS) is 17.2. The Balaban J connectivity index is 2.03. The molecule has 0 aliphatic heterocycles. The summed E-state index contributed by atoms with van der Waals surface area (Å²) in [5.41, 5.74) is 1.12. The Morgan fingerprint density at radius 2 is 1.92 bits per heavy atom. The molecule has 140 valence electrons. The number of guanidine groups is 1. The van der Waals surface area contributed by atoms with E-state index in [0.717, 1.165) is 12.1 Å². The summed E-state index contributed by atoms with van der Waals surface area (Å²) in [5.74, 6) is 0.705. The summed E-state index contributed by atoms with van der Waals surface area (Å²) >= 11 is 0. The van der Waals surface area contributed by atoms with Gasteiger partial charge in [0.05, 0.1) is 4.90 Å². The lowest BCUT2D eigenvalue weighted by molar-refractivity contribution is 0.131. The van der Waals surface area contributed by atoms with E-state index in [1.54, 1.807) is 33.3 Å². The molecule has 1 aliphatic carbocycles. The fourth-order valence-electron chi connectivity index (χ4n) is 3.10. The second-order valence-corrected chi connectivity index (χ2v) is 9.00. The van der Waals surface area contributed by atoms with Gasteiger partial charge in [0, 0.05) is 34.2 Å². The predicted octanol–water partition coefficient (Wildman–Crippen LogP) is 2.18. The zero-order valence-electron chi connectivity index (χ0n) is 15.7. The maximum atomic E-state index is 12.5. The van der Waals surface area contributed by atoms with Crippen molar-refractivity contribution in [3.8, 4) is 0 Å². The zero-order valence-corrected chi connectivity index (χ0v) is 16.5. The Bertz CT molecular complexity index is 704. The molecule has 7 heteroatoms. The lowest BCUT2D eigenvalue weighted by atomic mass is 9.67. The average molecular weight is 367 g/mol. The largest absolute Gasteiger partial charge is 0.356 e. The topological polar surface area (TPSA) is 73.8 Å². The van der Waals surface area contributed by atoms with Crippen molar-refractivity contribution in [2.24, 2.45) is 10.4 Å². The van der Waals surface area contributed by atoms with Crippen LogP contribution in [0.4, 0.5) is 0 Å². The Hall–Kier alpha value is -1.60. The minimum atomic E-state index is -3.46. The first kappa shape index (κ1) is 19.7. The van der Waals surface area contributed by atoms with Crippen molar-refractivity contribution in [2.75, 3.05) is 27.7 Å². The van der Waals surface area contributed by atoms with E-state index in [4.69, 9.17) is 0 Å². The first-order valence-electron chi connectivity index (χ1n) is 8.79. The standard InChI is InChI=1S/C18H30N4O2S/c1-5-18(11-8-12-18)14-21-17(19-2)20-13-15-9-6-7-10-16(15)25(23,24)22(3)4/h6-7,9-10H,5,8,11-14H2,1-4H3,(H2,19,20,21). The van der Waals surface area contributed by atoms with Gasteiger partial charge in [0.25, 0.3) is 0 Å². The van der Waals surface area contributed by atoms with Crippen molar-refractivity contribution >= 4 is 16.0 Å². The van der Waals surface area contributed by atoms with Gasteiger partial charge in [0.15, 0.2) is 5.96 Å². The van der Waals surface area contributed by atoms with Crippen molar-refractivity contribution in [3.63, 3.8) is 0 Å². The van der Waals surface area contributed by atoms with Gasteiger partial charge < -0.3 is 10.6 Å². The number of hydrogen-bond acceptors (Lipinski definition) is 3. The fraction of sp³-hybridized carbons (Fsp3) is 0.611. The number of hydrogen-bond donors (Lipinski definition) is 2. The highest BCUT2D eigenvalue weighted by atomic mass is 32.2. The first-order valence-corrected chi connectivity index (χ1v) is 10.2. The van der Waals surface area contributed by atoms with Crippen LogP contribution in [0, 0.1) is 5.41 Å². The van der Waals surface area contributed by atoms with Crippen LogP contribution in [0.2, 0.25) is 0 Å². The van der Waals surface area contributed by atoms with Crippen LogP contribution >= 0.6 is 0 Å². The molecule has 0 atom stereocenters. The van der Waals surface area contributed by atoms with E-state index in [0.29, 0.717) is 22.8 Å². The molecule has 1 aromatic carbocycles. The Kier molecular flexibility index (Phi) is 6.46. The van der Waals surface area contributed by atoms with E-state index >= 15 is 0 Å². The summed E-state index contributed by atoms with van der Waals surface area (Å²) in [6, 6.07) is 7.07. The van der Waals surface area contributed by atoms with Crippen LogP contribution in [0.25, 0.3) is 0 Å². The van der Waals surface area contributed by atoms with E-state index in [1.807, 2.05) is 12.1 Å². The second-order valence-electron chi connectivity index (χ2n) is 6.88. The first-order chi connectivity index (χ1) is 11.8. The molecule has 0 radical (unpaired) electrons. The molecule has 1 aliphatic rings. The van der Waals surface area contributed by atoms with Gasteiger partial charge in [-0.2, -0.15) is 0 Å². The summed E-state index contributed by atoms with van der Waals surface area (Å²) in [5, 5.41) is 6.63. The van der Waals surface area contributed by atoms with Crippen LogP contribution < -0.4 is 10.6 Å². The molecule has 0 bridgehead atoms. The quantitative estimate of drug-likeness (QED) is 0.573. The van der Waals surface area contributed by atoms with Crippen LogP contribution in [-0.2, 0) is 16.6 Å². The molecule has 1 aromatic rings. The van der Waals surface area contributed by atoms with Crippen molar-refractivity contribution in [2.45, 2.75) is 44.0 Å². The summed E-state index contributed by atoms with van der Waals surface area (Å²) in [6.07, 6.45) is 4.99. The summed E-state index contributed by atoms with van der Waals surface area (Å²) in [6.45, 7) is 3.54. The van der Waals surface area contributed by atoms with Crippen LogP contribution in [0.15, 0.2) is 34.2 Å². The number of benzene rings is 1. The van der Waals surface area contributed by atoms with Crippen LogP contribution in [0.5, 0.6) is 0 Å². The molecule has 0 amide bonds. The number of sulfonamides is 1. The van der Waals surface area contributed by atoms with E-state index in [-0.39, 0.29) is 0 Å². The van der Waals surface area contributed by atoms with E-state index in [2.05, 4.69) is 22.5 Å². The maximum absolute atomic E-state index is 12.5. The van der Waals surface area contributed by atoms with Gasteiger partial charge >= 0.3 is 0 Å². The molecule has 1 saturated carbocycles. The van der Waals surface area contributed by atoms with Crippen LogP contribution in [0.1, 0.15) is 38.2 Å². The highest BCUT2D eigenvalue weighted by molar-refractivity contribution is 7.89. The lowest BCUT2D eigenvalue weighted by Gasteiger charge is -2.41. The predicted molar refractivity (Wildman–Crippen MR) is 102 cm³/mol. The van der Waals surface area contributed by atoms with Gasteiger partial charge in [-0.25, -0.2) is 12.7 Å². The van der Waals surface area contributed by atoms with Gasteiger partial charge in [0.2, 0.25) is 10.0 Å². The Labute approximate surface area is 151 Å².